The minimum Gasteiger partial charge on any atom is -0.383 e. The van der Waals surface area contributed by atoms with Gasteiger partial charge in [0.1, 0.15) is 10.6 Å². The van der Waals surface area contributed by atoms with Gasteiger partial charge >= 0.3 is 0 Å². The number of hydrogen-bond acceptors (Lipinski definition) is 6. The van der Waals surface area contributed by atoms with E-state index in [0.29, 0.717) is 18.3 Å². The SMILES string of the molecule is CCSc1nc(N)c2c3c(sc2n1)CO[C@H](C(C)C)C3. The Morgan fingerprint density at radius 3 is 2.95 bits per heavy atom. The van der Waals surface area contributed by atoms with Crippen molar-refractivity contribution in [3.05, 3.63) is 10.4 Å². The number of nitrogens with two attached hydrogens (primary N) is 1. The number of thiophene rings is 1. The van der Waals surface area contributed by atoms with Crippen LogP contribution in [0.1, 0.15) is 31.2 Å². The van der Waals surface area contributed by atoms with E-state index in [0.717, 1.165) is 27.5 Å². The largest absolute Gasteiger partial charge is 0.383 e. The summed E-state index contributed by atoms with van der Waals surface area (Å²) < 4.78 is 5.93. The fourth-order valence-corrected chi connectivity index (χ4v) is 4.27. The lowest BCUT2D eigenvalue weighted by molar-refractivity contribution is 0.00203. The standard InChI is InChI=1S/C14H19N3OS2/c1-4-19-14-16-12(15)11-8-5-9(7(2)3)18-6-10(8)20-13(11)17-14/h7,9H,4-6H2,1-3H3,(H2,15,16,17)/t9-/m0/s1. The van der Waals surface area contributed by atoms with Gasteiger partial charge in [0.05, 0.1) is 18.1 Å². The van der Waals surface area contributed by atoms with E-state index in [4.69, 9.17) is 10.5 Å². The number of nitrogen functional groups attached to an aromatic ring is 1. The molecule has 4 nitrogen and oxygen atoms in total. The van der Waals surface area contributed by atoms with Crippen LogP contribution in [0, 0.1) is 5.92 Å². The number of rotatable bonds is 3. The highest BCUT2D eigenvalue weighted by molar-refractivity contribution is 7.99. The molecule has 0 unspecified atom stereocenters. The quantitative estimate of drug-likeness (QED) is 0.695. The highest BCUT2D eigenvalue weighted by Gasteiger charge is 2.27. The van der Waals surface area contributed by atoms with Crippen LogP contribution in [0.15, 0.2) is 5.16 Å². The van der Waals surface area contributed by atoms with Crippen LogP contribution in [0.2, 0.25) is 0 Å². The second-order valence-corrected chi connectivity index (χ2v) is 7.62. The Hall–Kier alpha value is -0.850. The van der Waals surface area contributed by atoms with Gasteiger partial charge in [-0.05, 0) is 17.2 Å². The molecule has 20 heavy (non-hydrogen) atoms. The van der Waals surface area contributed by atoms with E-state index in [1.807, 2.05) is 0 Å². The molecule has 0 saturated carbocycles. The van der Waals surface area contributed by atoms with Crippen molar-refractivity contribution in [3.63, 3.8) is 0 Å². The third-order valence-electron chi connectivity index (χ3n) is 3.59. The summed E-state index contributed by atoms with van der Waals surface area (Å²) in [6.07, 6.45) is 1.19. The zero-order valence-electron chi connectivity index (χ0n) is 12.0. The summed E-state index contributed by atoms with van der Waals surface area (Å²) in [5.74, 6) is 2.08. The minimum atomic E-state index is 0.268. The van der Waals surface area contributed by atoms with Gasteiger partial charge in [-0.25, -0.2) is 9.97 Å². The van der Waals surface area contributed by atoms with Gasteiger partial charge in [-0.15, -0.1) is 11.3 Å². The molecule has 2 aromatic heterocycles. The highest BCUT2D eigenvalue weighted by Crippen LogP contribution is 2.39. The van der Waals surface area contributed by atoms with Crippen molar-refractivity contribution in [2.24, 2.45) is 5.92 Å². The molecule has 1 atom stereocenters. The molecule has 1 aliphatic heterocycles. The monoisotopic (exact) mass is 309 g/mol. The topological polar surface area (TPSA) is 61.0 Å². The van der Waals surface area contributed by atoms with Gasteiger partial charge < -0.3 is 10.5 Å². The summed E-state index contributed by atoms with van der Waals surface area (Å²) >= 11 is 3.33. The van der Waals surface area contributed by atoms with Crippen LogP contribution in [-0.2, 0) is 17.8 Å². The van der Waals surface area contributed by atoms with Gasteiger partial charge in [0.2, 0.25) is 0 Å². The Bertz CT molecular complexity index is 639. The third-order valence-corrected chi connectivity index (χ3v) is 5.42. The summed E-state index contributed by atoms with van der Waals surface area (Å²) in [5.41, 5.74) is 7.48. The first-order valence-corrected chi connectivity index (χ1v) is 8.72. The van der Waals surface area contributed by atoms with Crippen molar-refractivity contribution in [2.45, 2.75) is 45.1 Å². The average molecular weight is 309 g/mol. The van der Waals surface area contributed by atoms with Crippen LogP contribution in [0.4, 0.5) is 5.82 Å². The summed E-state index contributed by atoms with van der Waals surface area (Å²) in [5, 5.41) is 1.83. The summed E-state index contributed by atoms with van der Waals surface area (Å²) in [4.78, 5) is 11.3. The van der Waals surface area contributed by atoms with Crippen LogP contribution < -0.4 is 5.73 Å². The number of thioether (sulfide) groups is 1. The van der Waals surface area contributed by atoms with Crippen LogP contribution in [0.25, 0.3) is 10.2 Å². The number of anilines is 1. The molecule has 3 rings (SSSR count). The predicted molar refractivity (Wildman–Crippen MR) is 85.3 cm³/mol. The second-order valence-electron chi connectivity index (χ2n) is 5.31. The maximum absolute atomic E-state index is 6.18. The van der Waals surface area contributed by atoms with Gasteiger partial charge in [-0.2, -0.15) is 0 Å². The summed E-state index contributed by atoms with van der Waals surface area (Å²) in [7, 11) is 0. The Labute approximate surface area is 127 Å². The number of hydrogen-bond donors (Lipinski definition) is 1. The van der Waals surface area contributed by atoms with Crippen LogP contribution in [0.3, 0.4) is 0 Å². The van der Waals surface area contributed by atoms with E-state index in [9.17, 15) is 0 Å². The summed E-state index contributed by atoms with van der Waals surface area (Å²) in [6.45, 7) is 7.16. The molecule has 108 valence electrons. The molecule has 6 heteroatoms. The lowest BCUT2D eigenvalue weighted by atomic mass is 9.96. The van der Waals surface area contributed by atoms with Gasteiger partial charge in [0.15, 0.2) is 5.16 Å². The van der Waals surface area contributed by atoms with Crippen molar-refractivity contribution in [1.29, 1.82) is 0 Å². The molecular formula is C14H19N3OS2. The van der Waals surface area contributed by atoms with Crippen molar-refractivity contribution in [3.8, 4) is 0 Å². The van der Waals surface area contributed by atoms with Crippen LogP contribution >= 0.6 is 23.1 Å². The molecule has 0 spiro atoms. The Morgan fingerprint density at radius 1 is 1.45 bits per heavy atom. The van der Waals surface area contributed by atoms with E-state index < -0.39 is 0 Å². The average Bonchev–Trinajstić information content (AvgIpc) is 2.76. The number of fused-ring (bicyclic) bond motifs is 3. The molecule has 0 aliphatic carbocycles. The molecule has 0 radical (unpaired) electrons. The van der Waals surface area contributed by atoms with Gasteiger partial charge in [0.25, 0.3) is 0 Å². The molecule has 1 aliphatic rings. The first-order valence-electron chi connectivity index (χ1n) is 6.92. The van der Waals surface area contributed by atoms with Crippen LogP contribution in [0.5, 0.6) is 0 Å². The molecule has 2 aromatic rings. The maximum atomic E-state index is 6.18. The lowest BCUT2D eigenvalue weighted by Gasteiger charge is -2.26. The molecule has 3 heterocycles. The van der Waals surface area contributed by atoms with Gasteiger partial charge in [-0.1, -0.05) is 32.5 Å². The number of ether oxygens (including phenoxy) is 1. The molecule has 0 amide bonds. The fraction of sp³-hybridized carbons (Fsp3) is 0.571. The molecule has 0 aromatic carbocycles. The predicted octanol–water partition coefficient (Wildman–Crippen LogP) is 3.48. The Morgan fingerprint density at radius 2 is 2.25 bits per heavy atom. The van der Waals surface area contributed by atoms with Crippen molar-refractivity contribution < 1.29 is 4.74 Å². The van der Waals surface area contributed by atoms with Gasteiger partial charge in [0, 0.05) is 11.3 Å². The normalized spacial score (nSPS) is 18.7. The van der Waals surface area contributed by atoms with Gasteiger partial charge in [-0.3, -0.25) is 0 Å². The zero-order chi connectivity index (χ0) is 14.3. The number of aromatic nitrogens is 2. The fourth-order valence-electron chi connectivity index (χ4n) is 2.51. The molecule has 0 fully saturated rings. The Balaban J connectivity index is 2.08. The van der Waals surface area contributed by atoms with E-state index >= 15 is 0 Å². The molecule has 0 bridgehead atoms. The third kappa shape index (κ3) is 2.40. The van der Waals surface area contributed by atoms with E-state index in [2.05, 4.69) is 30.7 Å². The summed E-state index contributed by atoms with van der Waals surface area (Å²) in [6, 6.07) is 0. The molecular weight excluding hydrogens is 290 g/mol. The molecule has 2 N–H and O–H groups in total. The Kier molecular flexibility index (Phi) is 3.88. The van der Waals surface area contributed by atoms with Crippen LogP contribution in [-0.4, -0.2) is 21.8 Å². The highest BCUT2D eigenvalue weighted by atomic mass is 32.2. The van der Waals surface area contributed by atoms with E-state index in [1.54, 1.807) is 23.1 Å². The smallest absolute Gasteiger partial charge is 0.190 e. The first-order chi connectivity index (χ1) is 9.60. The first kappa shape index (κ1) is 14.1. The minimum absolute atomic E-state index is 0.268. The second kappa shape index (κ2) is 5.50. The molecule has 0 saturated heterocycles. The van der Waals surface area contributed by atoms with E-state index in [1.165, 1.54) is 10.4 Å². The van der Waals surface area contributed by atoms with E-state index in [-0.39, 0.29) is 6.10 Å². The lowest BCUT2D eigenvalue weighted by Crippen LogP contribution is -2.26. The van der Waals surface area contributed by atoms with Crippen molar-refractivity contribution >= 4 is 39.1 Å². The maximum Gasteiger partial charge on any atom is 0.190 e. The number of nitrogens with zero attached hydrogens (tertiary/aromatic N) is 2. The van der Waals surface area contributed by atoms with Crippen molar-refractivity contribution in [1.82, 2.24) is 9.97 Å². The zero-order valence-corrected chi connectivity index (χ0v) is 13.6. The van der Waals surface area contributed by atoms with Crippen molar-refractivity contribution in [2.75, 3.05) is 11.5 Å².